The lowest BCUT2D eigenvalue weighted by Gasteiger charge is -2.35. The van der Waals surface area contributed by atoms with E-state index in [0.717, 1.165) is 56.2 Å². The summed E-state index contributed by atoms with van der Waals surface area (Å²) in [6, 6.07) is 48.7. The van der Waals surface area contributed by atoms with Crippen molar-refractivity contribution >= 4 is 11.5 Å². The normalized spacial score (nSPS) is 17.3. The molecule has 0 spiro atoms. The number of hydrogen-bond donors (Lipinski definition) is 0. The van der Waals surface area contributed by atoms with Crippen molar-refractivity contribution in [3.63, 3.8) is 0 Å². The lowest BCUT2D eigenvalue weighted by Crippen LogP contribution is -2.24. The van der Waals surface area contributed by atoms with Crippen LogP contribution < -0.4 is 4.74 Å². The van der Waals surface area contributed by atoms with Crippen LogP contribution in [0.25, 0.3) is 33.3 Å². The summed E-state index contributed by atoms with van der Waals surface area (Å²) in [5, 5.41) is 15.1. The van der Waals surface area contributed by atoms with E-state index in [-0.39, 0.29) is 16.9 Å². The second-order valence-corrected chi connectivity index (χ2v) is 14.7. The van der Waals surface area contributed by atoms with E-state index in [1.807, 2.05) is 36.4 Å². The van der Waals surface area contributed by atoms with Crippen LogP contribution in [0.4, 0.5) is 0 Å². The second-order valence-electron chi connectivity index (χ2n) is 14.7. The number of nitriles is 1. The van der Waals surface area contributed by atoms with Gasteiger partial charge in [-0.05, 0) is 74.0 Å². The lowest BCUT2D eigenvalue weighted by molar-refractivity contribution is 0.417. The maximum atomic E-state index is 9.79. The molecule has 51 heavy (non-hydrogen) atoms. The summed E-state index contributed by atoms with van der Waals surface area (Å²) < 4.78 is 6.40. The molecule has 1 unspecified atom stereocenters. The average Bonchev–Trinajstić information content (AvgIpc) is 3.40. The van der Waals surface area contributed by atoms with E-state index in [1.54, 1.807) is 0 Å². The number of aliphatic imine (C=N–C) groups is 1. The van der Waals surface area contributed by atoms with Gasteiger partial charge < -0.3 is 15.0 Å². The maximum Gasteiger partial charge on any atom is 0.149 e. The molecule has 0 saturated carbocycles. The molecular weight excluding hydrogens is 623 g/mol. The van der Waals surface area contributed by atoms with Gasteiger partial charge in [-0.2, -0.15) is 5.26 Å². The molecule has 2 aliphatic heterocycles. The van der Waals surface area contributed by atoms with Crippen LogP contribution in [-0.2, 0) is 10.8 Å². The Balaban J connectivity index is 1.16. The maximum absolute atomic E-state index is 9.79. The molecule has 0 N–H and O–H groups in total. The molecule has 1 aliphatic carbocycles. The Morgan fingerprint density at radius 1 is 0.608 bits per heavy atom. The quantitative estimate of drug-likeness (QED) is 0.189. The van der Waals surface area contributed by atoms with Crippen LogP contribution in [-0.4, -0.2) is 5.84 Å². The van der Waals surface area contributed by atoms with Crippen LogP contribution in [0.5, 0.6) is 11.5 Å². The lowest BCUT2D eigenvalue weighted by atomic mass is 9.74. The Morgan fingerprint density at radius 2 is 1.29 bits per heavy atom. The number of hydrogen-bond acceptors (Lipinski definition) is 3. The number of amidine groups is 1. The van der Waals surface area contributed by atoms with Gasteiger partial charge in [-0.3, -0.25) is 0 Å². The van der Waals surface area contributed by atoms with Crippen molar-refractivity contribution in [3.05, 3.63) is 189 Å². The van der Waals surface area contributed by atoms with E-state index >= 15 is 0 Å². The van der Waals surface area contributed by atoms with E-state index in [4.69, 9.17) is 15.0 Å². The van der Waals surface area contributed by atoms with Gasteiger partial charge in [0.05, 0.1) is 5.56 Å². The molecule has 6 aromatic carbocycles. The van der Waals surface area contributed by atoms with Crippen LogP contribution in [0.15, 0.2) is 145 Å². The fourth-order valence-corrected chi connectivity index (χ4v) is 8.17. The third kappa shape index (κ3) is 4.84. The van der Waals surface area contributed by atoms with Gasteiger partial charge in [-0.1, -0.05) is 155 Å². The SMILES string of the molecule is CC1(C)c2ccccc2-c2ccc(C3C=C(c4ccccc4-c4ccc5c(c4)C(C)(C)c4cccc(C#N)c4O5)N=C(c4ccccc4)[N-]3)cc21. The summed E-state index contributed by atoms with van der Waals surface area (Å²) in [6.45, 7) is 9.04. The zero-order chi connectivity index (χ0) is 34.9. The number of ether oxygens (including phenoxy) is 1. The number of para-hydroxylation sites is 1. The van der Waals surface area contributed by atoms with Gasteiger partial charge in [0.2, 0.25) is 0 Å². The molecule has 0 amide bonds. The molecule has 6 aromatic rings. The third-order valence-electron chi connectivity index (χ3n) is 11.0. The molecule has 0 radical (unpaired) electrons. The molecule has 4 heteroatoms. The van der Waals surface area contributed by atoms with Crippen molar-refractivity contribution in [1.29, 1.82) is 5.26 Å². The van der Waals surface area contributed by atoms with Gasteiger partial charge in [-0.25, -0.2) is 0 Å². The zero-order valence-corrected chi connectivity index (χ0v) is 29.1. The fraction of sp³-hybridized carbons (Fsp3) is 0.149. The molecule has 4 nitrogen and oxygen atoms in total. The summed E-state index contributed by atoms with van der Waals surface area (Å²) in [6.07, 6.45) is 2.22. The van der Waals surface area contributed by atoms with Gasteiger partial charge in [0, 0.05) is 28.0 Å². The van der Waals surface area contributed by atoms with Crippen LogP contribution in [0.3, 0.4) is 0 Å². The second kappa shape index (κ2) is 11.4. The first-order valence-corrected chi connectivity index (χ1v) is 17.5. The van der Waals surface area contributed by atoms with Gasteiger partial charge in [-0.15, -0.1) is 0 Å². The van der Waals surface area contributed by atoms with Crippen molar-refractivity contribution < 1.29 is 4.74 Å². The van der Waals surface area contributed by atoms with E-state index in [2.05, 4.69) is 137 Å². The van der Waals surface area contributed by atoms with E-state index in [1.165, 1.54) is 22.3 Å². The average molecular weight is 659 g/mol. The predicted molar refractivity (Wildman–Crippen MR) is 206 cm³/mol. The van der Waals surface area contributed by atoms with Crippen LogP contribution in [0.1, 0.15) is 78.2 Å². The standard InChI is InChI=1S/C47H36N3O/c1-46(2)37-19-11-10-17-34(37)35-23-21-31(26-39(35)46)41-27-42(50-45(49-41)29-13-6-5-7-14-29)36-18-9-8-16-33(36)30-22-24-43-40(25-30)47(3,4)38-20-12-15-32(28-48)44(38)51-43/h5-27,41H,1-4H3/q-1. The van der Waals surface area contributed by atoms with Crippen molar-refractivity contribution in [2.75, 3.05) is 0 Å². The first kappa shape index (κ1) is 30.8. The van der Waals surface area contributed by atoms with Crippen molar-refractivity contribution in [3.8, 4) is 39.8 Å². The number of rotatable bonds is 4. The van der Waals surface area contributed by atoms with Gasteiger partial charge in [0.1, 0.15) is 17.6 Å². The molecule has 3 aliphatic rings. The van der Waals surface area contributed by atoms with Crippen LogP contribution in [0, 0.1) is 11.3 Å². The minimum absolute atomic E-state index is 0.104. The van der Waals surface area contributed by atoms with E-state index < -0.39 is 0 Å². The topological polar surface area (TPSA) is 59.5 Å². The predicted octanol–water partition coefficient (Wildman–Crippen LogP) is 11.9. The highest BCUT2D eigenvalue weighted by Crippen LogP contribution is 2.52. The van der Waals surface area contributed by atoms with Gasteiger partial charge >= 0.3 is 0 Å². The van der Waals surface area contributed by atoms with Crippen LogP contribution in [0.2, 0.25) is 0 Å². The van der Waals surface area contributed by atoms with E-state index in [0.29, 0.717) is 11.3 Å². The minimum Gasteiger partial charge on any atom is -0.455 e. The number of benzene rings is 6. The van der Waals surface area contributed by atoms with Crippen LogP contribution >= 0.6 is 0 Å². The fourth-order valence-electron chi connectivity index (χ4n) is 8.17. The Labute approximate surface area is 299 Å². The van der Waals surface area contributed by atoms with Gasteiger partial charge in [0.25, 0.3) is 0 Å². The molecule has 2 heterocycles. The molecule has 0 fully saturated rings. The number of nitrogens with zero attached hydrogens (tertiary/aromatic N) is 3. The Morgan fingerprint density at radius 3 is 2.10 bits per heavy atom. The molecular formula is C47H36N3O-. The summed E-state index contributed by atoms with van der Waals surface area (Å²) in [5.74, 6) is 2.15. The van der Waals surface area contributed by atoms with Crippen molar-refractivity contribution in [1.82, 2.24) is 0 Å². The Kier molecular flexibility index (Phi) is 6.92. The highest BCUT2D eigenvalue weighted by molar-refractivity contribution is 6.12. The highest BCUT2D eigenvalue weighted by atomic mass is 16.5. The monoisotopic (exact) mass is 658 g/mol. The summed E-state index contributed by atoms with van der Waals surface area (Å²) in [5.41, 5.74) is 13.7. The van der Waals surface area contributed by atoms with Gasteiger partial charge in [0.15, 0.2) is 0 Å². The molecule has 0 bridgehead atoms. The first-order valence-electron chi connectivity index (χ1n) is 17.5. The Bertz CT molecular complexity index is 2500. The Hall–Kier alpha value is -6.18. The highest BCUT2D eigenvalue weighted by Gasteiger charge is 2.37. The van der Waals surface area contributed by atoms with E-state index in [9.17, 15) is 5.26 Å². The minimum atomic E-state index is -0.367. The number of fused-ring (bicyclic) bond motifs is 5. The molecule has 0 aromatic heterocycles. The van der Waals surface area contributed by atoms with Crippen molar-refractivity contribution in [2.45, 2.75) is 44.6 Å². The smallest absolute Gasteiger partial charge is 0.149 e. The summed E-state index contributed by atoms with van der Waals surface area (Å²) >= 11 is 0. The summed E-state index contributed by atoms with van der Waals surface area (Å²) in [4.78, 5) is 5.24. The molecule has 1 atom stereocenters. The van der Waals surface area contributed by atoms with Crippen molar-refractivity contribution in [2.24, 2.45) is 4.99 Å². The molecule has 0 saturated heterocycles. The molecule has 9 rings (SSSR count). The molecule has 246 valence electrons. The summed E-state index contributed by atoms with van der Waals surface area (Å²) in [7, 11) is 0. The zero-order valence-electron chi connectivity index (χ0n) is 29.1. The largest absolute Gasteiger partial charge is 0.455 e. The first-order chi connectivity index (χ1) is 24.7. The third-order valence-corrected chi connectivity index (χ3v) is 11.0.